The van der Waals surface area contributed by atoms with Crippen LogP contribution in [0.4, 0.5) is 4.39 Å². The molecular formula is C12H11BrFN3. The molecular weight excluding hydrogens is 285 g/mol. The molecule has 2 atom stereocenters. The summed E-state index contributed by atoms with van der Waals surface area (Å²) in [7, 11) is 0. The summed E-state index contributed by atoms with van der Waals surface area (Å²) in [5.41, 5.74) is 0.690. The molecule has 0 fully saturated rings. The highest BCUT2D eigenvalue weighted by molar-refractivity contribution is 9.10. The molecule has 0 spiro atoms. The third-order valence-corrected chi connectivity index (χ3v) is 3.54. The van der Waals surface area contributed by atoms with E-state index in [9.17, 15) is 4.39 Å². The van der Waals surface area contributed by atoms with Gasteiger partial charge in [0.25, 0.3) is 0 Å². The Morgan fingerprint density at radius 2 is 2.18 bits per heavy atom. The number of rotatable bonds is 1. The monoisotopic (exact) mass is 295 g/mol. The molecule has 3 rings (SSSR count). The van der Waals surface area contributed by atoms with Crippen LogP contribution in [0.3, 0.4) is 0 Å². The second kappa shape index (κ2) is 3.91. The lowest BCUT2D eigenvalue weighted by Crippen LogP contribution is -2.09. The molecule has 3 nitrogen and oxygen atoms in total. The van der Waals surface area contributed by atoms with Crippen LogP contribution in [0.25, 0.3) is 0 Å². The van der Waals surface area contributed by atoms with Gasteiger partial charge in [-0.1, -0.05) is 25.1 Å². The van der Waals surface area contributed by atoms with Gasteiger partial charge in [0.1, 0.15) is 11.6 Å². The molecule has 1 aromatic carbocycles. The van der Waals surface area contributed by atoms with Crippen LogP contribution in [0, 0.1) is 5.82 Å². The van der Waals surface area contributed by atoms with Crippen molar-refractivity contribution in [2.45, 2.75) is 25.3 Å². The van der Waals surface area contributed by atoms with Gasteiger partial charge in [0.15, 0.2) is 0 Å². The molecule has 5 heteroatoms. The molecule has 88 valence electrons. The molecule has 2 aromatic rings. The second-order valence-electron chi connectivity index (χ2n) is 4.36. The van der Waals surface area contributed by atoms with Gasteiger partial charge in [0, 0.05) is 11.5 Å². The largest absolute Gasteiger partial charge is 0.241 e. The first kappa shape index (κ1) is 10.9. The first-order valence-corrected chi connectivity index (χ1v) is 6.32. The normalized spacial score (nSPS) is 22.8. The van der Waals surface area contributed by atoms with E-state index in [0.717, 1.165) is 12.2 Å². The fourth-order valence-corrected chi connectivity index (χ4v) is 2.77. The van der Waals surface area contributed by atoms with Crippen molar-refractivity contribution in [1.29, 1.82) is 0 Å². The Balaban J connectivity index is 2.10. The van der Waals surface area contributed by atoms with E-state index < -0.39 is 0 Å². The molecule has 0 saturated carbocycles. The third kappa shape index (κ3) is 1.69. The van der Waals surface area contributed by atoms with E-state index in [1.807, 2.05) is 16.8 Å². The zero-order valence-corrected chi connectivity index (χ0v) is 10.9. The van der Waals surface area contributed by atoms with Crippen LogP contribution in [-0.2, 0) is 0 Å². The molecule has 17 heavy (non-hydrogen) atoms. The summed E-state index contributed by atoms with van der Waals surface area (Å²) in [6.07, 6.45) is 0.851. The van der Waals surface area contributed by atoms with Crippen LogP contribution in [0.15, 0.2) is 29.0 Å². The number of fused-ring (bicyclic) bond motifs is 1. The molecule has 0 amide bonds. The molecule has 0 unspecified atom stereocenters. The zero-order valence-electron chi connectivity index (χ0n) is 9.27. The maximum atomic E-state index is 13.8. The van der Waals surface area contributed by atoms with Crippen molar-refractivity contribution in [2.24, 2.45) is 0 Å². The Hall–Kier alpha value is -1.23. The lowest BCUT2D eigenvalue weighted by molar-refractivity contribution is 0.503. The maximum absolute atomic E-state index is 13.8. The topological polar surface area (TPSA) is 30.7 Å². The minimum Gasteiger partial charge on any atom is -0.241 e. The highest BCUT2D eigenvalue weighted by Crippen LogP contribution is 2.39. The molecule has 0 N–H and O–H groups in total. The number of hydrogen-bond acceptors (Lipinski definition) is 2. The number of nitrogens with zero attached hydrogens (tertiary/aromatic N) is 3. The highest BCUT2D eigenvalue weighted by atomic mass is 79.9. The average molecular weight is 296 g/mol. The second-order valence-corrected chi connectivity index (χ2v) is 5.07. The van der Waals surface area contributed by atoms with Gasteiger partial charge in [-0.05, 0) is 28.4 Å². The predicted octanol–water partition coefficient (Wildman–Crippen LogP) is 3.28. The van der Waals surface area contributed by atoms with Crippen LogP contribution in [-0.4, -0.2) is 14.8 Å². The zero-order chi connectivity index (χ0) is 12.0. The number of benzene rings is 1. The van der Waals surface area contributed by atoms with Gasteiger partial charge >= 0.3 is 0 Å². The summed E-state index contributed by atoms with van der Waals surface area (Å²) in [6.45, 7) is 2.09. The van der Waals surface area contributed by atoms with Gasteiger partial charge in [-0.2, -0.15) is 0 Å². The average Bonchev–Trinajstić information content (AvgIpc) is 2.80. The van der Waals surface area contributed by atoms with Crippen LogP contribution in [0.5, 0.6) is 0 Å². The van der Waals surface area contributed by atoms with Crippen molar-refractivity contribution in [1.82, 2.24) is 14.8 Å². The summed E-state index contributed by atoms with van der Waals surface area (Å²) in [6, 6.07) is 6.82. The van der Waals surface area contributed by atoms with Crippen LogP contribution < -0.4 is 0 Å². The summed E-state index contributed by atoms with van der Waals surface area (Å²) in [5, 5.41) is 4.30. The van der Waals surface area contributed by atoms with Crippen LogP contribution >= 0.6 is 15.9 Å². The van der Waals surface area contributed by atoms with Crippen molar-refractivity contribution >= 4 is 15.9 Å². The van der Waals surface area contributed by atoms with Crippen LogP contribution in [0.2, 0.25) is 0 Å². The van der Waals surface area contributed by atoms with E-state index in [4.69, 9.17) is 0 Å². The quantitative estimate of drug-likeness (QED) is 0.808. The highest BCUT2D eigenvalue weighted by Gasteiger charge is 2.33. The SMILES string of the molecule is C[C@H]1C[C@@H](c2ccccc2F)n2nc(Br)nc21. The minimum absolute atomic E-state index is 0.0417. The van der Waals surface area contributed by atoms with E-state index in [1.165, 1.54) is 6.07 Å². The number of aromatic nitrogens is 3. The fraction of sp³-hybridized carbons (Fsp3) is 0.333. The third-order valence-electron chi connectivity index (χ3n) is 3.21. The van der Waals surface area contributed by atoms with E-state index >= 15 is 0 Å². The molecule has 0 radical (unpaired) electrons. The van der Waals surface area contributed by atoms with Gasteiger partial charge in [-0.25, -0.2) is 14.1 Å². The van der Waals surface area contributed by atoms with Crippen molar-refractivity contribution in [3.8, 4) is 0 Å². The molecule has 0 bridgehead atoms. The summed E-state index contributed by atoms with van der Waals surface area (Å²) >= 11 is 3.27. The molecule has 1 aliphatic heterocycles. The van der Waals surface area contributed by atoms with E-state index in [2.05, 4.69) is 32.9 Å². The molecule has 1 aliphatic rings. The Bertz CT molecular complexity index is 567. The summed E-state index contributed by atoms with van der Waals surface area (Å²) in [5.74, 6) is 1.05. The maximum Gasteiger partial charge on any atom is 0.217 e. The lowest BCUT2D eigenvalue weighted by atomic mass is 10.00. The summed E-state index contributed by atoms with van der Waals surface area (Å²) in [4.78, 5) is 4.32. The predicted molar refractivity (Wildman–Crippen MR) is 65.3 cm³/mol. The smallest absolute Gasteiger partial charge is 0.217 e. The number of halogens is 2. The van der Waals surface area contributed by atoms with Gasteiger partial charge < -0.3 is 0 Å². The first-order valence-electron chi connectivity index (χ1n) is 5.53. The first-order chi connectivity index (χ1) is 8.16. The standard InChI is InChI=1S/C12H11BrFN3/c1-7-6-10(8-4-2-3-5-9(8)14)17-11(7)15-12(13)16-17/h2-5,7,10H,6H2,1H3/t7-,10-/m0/s1. The minimum atomic E-state index is -0.177. The van der Waals surface area contributed by atoms with Crippen molar-refractivity contribution < 1.29 is 4.39 Å². The molecule has 0 aliphatic carbocycles. The van der Waals surface area contributed by atoms with Gasteiger partial charge in [0.05, 0.1) is 6.04 Å². The van der Waals surface area contributed by atoms with E-state index in [1.54, 1.807) is 6.07 Å². The Morgan fingerprint density at radius 1 is 1.41 bits per heavy atom. The Kier molecular flexibility index (Phi) is 2.50. The van der Waals surface area contributed by atoms with Crippen molar-refractivity contribution in [2.75, 3.05) is 0 Å². The van der Waals surface area contributed by atoms with Crippen LogP contribution in [0.1, 0.15) is 36.7 Å². The van der Waals surface area contributed by atoms with Crippen molar-refractivity contribution in [3.63, 3.8) is 0 Å². The van der Waals surface area contributed by atoms with Gasteiger partial charge in [-0.15, -0.1) is 5.10 Å². The lowest BCUT2D eigenvalue weighted by Gasteiger charge is -2.12. The number of hydrogen-bond donors (Lipinski definition) is 0. The Labute approximate surface area is 107 Å². The Morgan fingerprint density at radius 3 is 2.94 bits per heavy atom. The molecule has 0 saturated heterocycles. The fourth-order valence-electron chi connectivity index (χ4n) is 2.42. The van der Waals surface area contributed by atoms with E-state index in [-0.39, 0.29) is 11.9 Å². The van der Waals surface area contributed by atoms with E-state index in [0.29, 0.717) is 16.2 Å². The molecule has 2 heterocycles. The van der Waals surface area contributed by atoms with Crippen molar-refractivity contribution in [3.05, 3.63) is 46.2 Å². The van der Waals surface area contributed by atoms with Gasteiger partial charge in [0.2, 0.25) is 4.73 Å². The van der Waals surface area contributed by atoms with Gasteiger partial charge in [-0.3, -0.25) is 0 Å². The molecule has 1 aromatic heterocycles. The summed E-state index contributed by atoms with van der Waals surface area (Å²) < 4.78 is 16.2.